The second-order valence-electron chi connectivity index (χ2n) is 7.56. The number of phenolic OH excluding ortho intramolecular Hbond substituents is 1. The molecule has 2 unspecified atom stereocenters. The molecule has 0 amide bonds. The summed E-state index contributed by atoms with van der Waals surface area (Å²) in [5.74, 6) is 0.410. The molecule has 1 aromatic carbocycles. The summed E-state index contributed by atoms with van der Waals surface area (Å²) in [7, 11) is 0. The highest BCUT2D eigenvalue weighted by Gasteiger charge is 2.41. The molecule has 3 aromatic rings. The zero-order valence-corrected chi connectivity index (χ0v) is 15.3. The molecule has 4 heterocycles. The van der Waals surface area contributed by atoms with Crippen LogP contribution in [0.3, 0.4) is 0 Å². The number of aromatic nitrogens is 3. The van der Waals surface area contributed by atoms with Crippen molar-refractivity contribution in [3.8, 4) is 22.9 Å². The number of pyridine rings is 1. The van der Waals surface area contributed by atoms with Crippen LogP contribution in [0.4, 0.5) is 4.39 Å². The Balaban J connectivity index is 1.37. The monoisotopic (exact) mass is 380 g/mol. The Kier molecular flexibility index (Phi) is 4.31. The number of aromatic hydroxyl groups is 1. The number of benzene rings is 1. The third-order valence-electron chi connectivity index (χ3n) is 5.68. The molecular formula is C21H21FN4O2. The highest BCUT2D eigenvalue weighted by Crippen LogP contribution is 2.33. The number of alkyl halides is 1. The molecule has 0 spiro atoms. The molecule has 7 heteroatoms. The largest absolute Gasteiger partial charge is 0.507 e. The molecule has 2 fully saturated rings. The van der Waals surface area contributed by atoms with Gasteiger partial charge in [-0.3, -0.25) is 4.98 Å². The van der Waals surface area contributed by atoms with Gasteiger partial charge in [0.2, 0.25) is 5.88 Å². The van der Waals surface area contributed by atoms with Crippen molar-refractivity contribution < 1.29 is 14.2 Å². The van der Waals surface area contributed by atoms with Crippen molar-refractivity contribution in [2.24, 2.45) is 0 Å². The highest BCUT2D eigenvalue weighted by molar-refractivity contribution is 5.86. The molecule has 2 aliphatic rings. The average molecular weight is 380 g/mol. The fourth-order valence-corrected chi connectivity index (χ4v) is 4.27. The van der Waals surface area contributed by atoms with Crippen LogP contribution in [0.25, 0.3) is 22.2 Å². The van der Waals surface area contributed by atoms with Gasteiger partial charge in [-0.15, -0.1) is 10.2 Å². The molecule has 2 N–H and O–H groups in total. The summed E-state index contributed by atoms with van der Waals surface area (Å²) in [5.41, 5.74) is 1.82. The van der Waals surface area contributed by atoms with Gasteiger partial charge in [0.15, 0.2) is 6.17 Å². The van der Waals surface area contributed by atoms with Crippen LogP contribution in [0.5, 0.6) is 11.6 Å². The van der Waals surface area contributed by atoms with E-state index in [1.807, 2.05) is 12.1 Å². The summed E-state index contributed by atoms with van der Waals surface area (Å²) in [6, 6.07) is 10.7. The van der Waals surface area contributed by atoms with E-state index in [4.69, 9.17) is 4.74 Å². The third kappa shape index (κ3) is 3.16. The second-order valence-corrected chi connectivity index (χ2v) is 7.56. The van der Waals surface area contributed by atoms with Crippen LogP contribution in [0.15, 0.2) is 42.6 Å². The molecule has 28 heavy (non-hydrogen) atoms. The predicted octanol–water partition coefficient (Wildman–Crippen LogP) is 3.40. The fourth-order valence-electron chi connectivity index (χ4n) is 4.27. The number of nitrogens with zero attached hydrogens (tertiary/aromatic N) is 3. The normalized spacial score (nSPS) is 26.9. The van der Waals surface area contributed by atoms with Gasteiger partial charge in [-0.2, -0.15) is 0 Å². The van der Waals surface area contributed by atoms with E-state index in [2.05, 4.69) is 20.5 Å². The molecule has 0 saturated carbocycles. The van der Waals surface area contributed by atoms with Crippen LogP contribution in [-0.2, 0) is 0 Å². The van der Waals surface area contributed by atoms with Crippen molar-refractivity contribution in [3.63, 3.8) is 0 Å². The van der Waals surface area contributed by atoms with E-state index in [1.54, 1.807) is 30.5 Å². The first kappa shape index (κ1) is 17.3. The van der Waals surface area contributed by atoms with Crippen molar-refractivity contribution in [1.29, 1.82) is 0 Å². The first-order valence-corrected chi connectivity index (χ1v) is 9.66. The number of phenols is 1. The number of rotatable bonds is 3. The minimum Gasteiger partial charge on any atom is -0.507 e. The molecule has 0 aliphatic carbocycles. The first-order valence-electron chi connectivity index (χ1n) is 9.66. The molecule has 2 aromatic heterocycles. The molecule has 2 saturated heterocycles. The van der Waals surface area contributed by atoms with Crippen molar-refractivity contribution >= 4 is 10.9 Å². The molecule has 4 atom stereocenters. The van der Waals surface area contributed by atoms with Crippen molar-refractivity contribution in [1.82, 2.24) is 20.5 Å². The summed E-state index contributed by atoms with van der Waals surface area (Å²) in [6.45, 7) is 0. The SMILES string of the molecule is Oc1cc2cccnc2cc1-c1ccc(O[C@@H]2CC3CCCC(N3)[C@@H]2F)nn1. The minimum absolute atomic E-state index is 0.110. The number of hydrogen-bond acceptors (Lipinski definition) is 6. The number of ether oxygens (including phenoxy) is 1. The zero-order valence-electron chi connectivity index (χ0n) is 15.3. The Morgan fingerprint density at radius 2 is 2.07 bits per heavy atom. The van der Waals surface area contributed by atoms with E-state index in [0.717, 1.165) is 30.2 Å². The number of halogens is 1. The van der Waals surface area contributed by atoms with Crippen molar-refractivity contribution in [3.05, 3.63) is 42.6 Å². The Bertz CT molecular complexity index is 997. The molecule has 2 aliphatic heterocycles. The molecule has 144 valence electrons. The smallest absolute Gasteiger partial charge is 0.233 e. The third-order valence-corrected chi connectivity index (χ3v) is 5.68. The lowest BCUT2D eigenvalue weighted by Gasteiger charge is -2.42. The van der Waals surface area contributed by atoms with Crippen LogP contribution < -0.4 is 10.1 Å². The second kappa shape index (κ2) is 6.98. The summed E-state index contributed by atoms with van der Waals surface area (Å²) in [4.78, 5) is 4.31. The number of nitrogens with one attached hydrogen (secondary N) is 1. The Hall–Kier alpha value is -2.80. The maximum atomic E-state index is 14.7. The lowest BCUT2D eigenvalue weighted by Crippen LogP contribution is -2.59. The van der Waals surface area contributed by atoms with Gasteiger partial charge in [0.1, 0.15) is 11.9 Å². The summed E-state index contributed by atoms with van der Waals surface area (Å²) in [5, 5.41) is 22.8. The topological polar surface area (TPSA) is 80.2 Å². The molecular weight excluding hydrogens is 359 g/mol. The Morgan fingerprint density at radius 1 is 1.14 bits per heavy atom. The van der Waals surface area contributed by atoms with E-state index in [-0.39, 0.29) is 11.8 Å². The van der Waals surface area contributed by atoms with Crippen LogP contribution in [-0.4, -0.2) is 44.6 Å². The first-order chi connectivity index (χ1) is 13.7. The number of fused-ring (bicyclic) bond motifs is 3. The lowest BCUT2D eigenvalue weighted by atomic mass is 9.84. The van der Waals surface area contributed by atoms with Gasteiger partial charge in [-0.25, -0.2) is 4.39 Å². The van der Waals surface area contributed by atoms with Crippen molar-refractivity contribution in [2.45, 2.75) is 50.0 Å². The Morgan fingerprint density at radius 3 is 2.93 bits per heavy atom. The fraction of sp³-hybridized carbons (Fsp3) is 0.381. The van der Waals surface area contributed by atoms with Crippen LogP contribution in [0.2, 0.25) is 0 Å². The summed E-state index contributed by atoms with van der Waals surface area (Å²) >= 11 is 0. The minimum atomic E-state index is -1.05. The van der Waals surface area contributed by atoms with E-state index in [1.165, 1.54) is 0 Å². The van der Waals surface area contributed by atoms with Crippen molar-refractivity contribution in [2.75, 3.05) is 0 Å². The average Bonchev–Trinajstić information content (AvgIpc) is 2.72. The maximum Gasteiger partial charge on any atom is 0.233 e. The summed E-state index contributed by atoms with van der Waals surface area (Å²) in [6.07, 6.45) is 3.75. The highest BCUT2D eigenvalue weighted by atomic mass is 19.1. The molecule has 5 rings (SSSR count). The zero-order chi connectivity index (χ0) is 19.1. The van der Waals surface area contributed by atoms with Gasteiger partial charge in [0, 0.05) is 41.7 Å². The lowest BCUT2D eigenvalue weighted by molar-refractivity contribution is 0.00652. The standard InChI is InChI=1S/C21H21FN4O2/c22-21-16-5-1-4-13(24-16)10-19(21)28-20-7-6-15(25-26-20)14-11-17-12(9-18(14)27)3-2-8-23-17/h2-3,6-9,11,13,16,19,21,24,27H,1,4-5,10H2/t13?,16?,19-,21+/m1/s1. The summed E-state index contributed by atoms with van der Waals surface area (Å²) < 4.78 is 20.5. The van der Waals surface area contributed by atoms with Crippen LogP contribution >= 0.6 is 0 Å². The van der Waals surface area contributed by atoms with Gasteiger partial charge < -0.3 is 15.2 Å². The van der Waals surface area contributed by atoms with E-state index >= 15 is 0 Å². The van der Waals surface area contributed by atoms with E-state index < -0.39 is 12.3 Å². The molecule has 0 radical (unpaired) electrons. The van der Waals surface area contributed by atoms with E-state index in [0.29, 0.717) is 29.6 Å². The van der Waals surface area contributed by atoms with Gasteiger partial charge >= 0.3 is 0 Å². The number of hydrogen-bond donors (Lipinski definition) is 2. The Labute approximate surface area is 161 Å². The molecule has 2 bridgehead atoms. The predicted molar refractivity (Wildman–Crippen MR) is 103 cm³/mol. The van der Waals surface area contributed by atoms with E-state index in [9.17, 15) is 9.50 Å². The van der Waals surface area contributed by atoms with Crippen LogP contribution in [0.1, 0.15) is 25.7 Å². The number of piperidine rings is 2. The molecule has 6 nitrogen and oxygen atoms in total. The van der Waals surface area contributed by atoms with Crippen LogP contribution in [0, 0.1) is 0 Å². The van der Waals surface area contributed by atoms with Gasteiger partial charge in [0.05, 0.1) is 11.2 Å². The maximum absolute atomic E-state index is 14.7. The quantitative estimate of drug-likeness (QED) is 0.725. The van der Waals surface area contributed by atoms with Gasteiger partial charge in [0.25, 0.3) is 0 Å². The van der Waals surface area contributed by atoms with Gasteiger partial charge in [-0.1, -0.05) is 12.5 Å². The van der Waals surface area contributed by atoms with Gasteiger partial charge in [-0.05, 0) is 37.1 Å².